The molecule has 0 saturated carbocycles. The van der Waals surface area contributed by atoms with E-state index in [0.29, 0.717) is 6.54 Å². The zero-order valence-electron chi connectivity index (χ0n) is 11.4. The first kappa shape index (κ1) is 12.8. The molecule has 2 N–H and O–H groups in total. The molecule has 18 heavy (non-hydrogen) atoms. The summed E-state index contributed by atoms with van der Waals surface area (Å²) in [6.45, 7) is 2.82. The van der Waals surface area contributed by atoms with E-state index in [1.54, 1.807) is 0 Å². The molecule has 0 amide bonds. The third-order valence-corrected chi connectivity index (χ3v) is 3.18. The normalized spacial score (nSPS) is 10.9. The summed E-state index contributed by atoms with van der Waals surface area (Å²) >= 11 is 0. The smallest absolute Gasteiger partial charge is 0.132 e. The molecule has 0 unspecified atom stereocenters. The number of hydrogen-bond donors (Lipinski definition) is 1. The average molecular weight is 243 g/mol. The summed E-state index contributed by atoms with van der Waals surface area (Å²) in [4.78, 5) is 6.79. The Labute approximate surface area is 109 Å². The van der Waals surface area contributed by atoms with Crippen molar-refractivity contribution >= 4 is 16.7 Å². The van der Waals surface area contributed by atoms with Crippen LogP contribution in [0.3, 0.4) is 0 Å². The van der Waals surface area contributed by atoms with Gasteiger partial charge in [0, 0.05) is 19.5 Å². The van der Waals surface area contributed by atoms with Crippen LogP contribution in [0.1, 0.15) is 18.1 Å². The number of pyridine rings is 1. The molecule has 1 heterocycles. The lowest BCUT2D eigenvalue weighted by molar-refractivity contribution is 0.942. The number of anilines is 1. The topological polar surface area (TPSA) is 42.2 Å². The molecule has 0 fully saturated rings. The second kappa shape index (κ2) is 5.36. The maximum absolute atomic E-state index is 5.68. The second-order valence-electron chi connectivity index (χ2n) is 4.78. The summed E-state index contributed by atoms with van der Waals surface area (Å²) in [6, 6.07) is 8.70. The molecule has 0 radical (unpaired) electrons. The molecule has 0 saturated heterocycles. The first-order valence-electron chi connectivity index (χ1n) is 6.45. The van der Waals surface area contributed by atoms with Gasteiger partial charge in [-0.3, -0.25) is 0 Å². The van der Waals surface area contributed by atoms with E-state index in [4.69, 9.17) is 10.7 Å². The molecule has 1 aromatic carbocycles. The van der Waals surface area contributed by atoms with Crippen molar-refractivity contribution in [1.29, 1.82) is 0 Å². The van der Waals surface area contributed by atoms with Crippen molar-refractivity contribution in [2.24, 2.45) is 5.73 Å². The fourth-order valence-corrected chi connectivity index (χ4v) is 2.21. The van der Waals surface area contributed by atoms with Crippen LogP contribution in [0, 0.1) is 0 Å². The summed E-state index contributed by atoms with van der Waals surface area (Å²) in [7, 11) is 4.04. The van der Waals surface area contributed by atoms with Gasteiger partial charge in [0.05, 0.1) is 5.52 Å². The van der Waals surface area contributed by atoms with E-state index in [2.05, 4.69) is 36.1 Å². The van der Waals surface area contributed by atoms with Crippen LogP contribution < -0.4 is 10.6 Å². The Bertz CT molecular complexity index is 547. The number of hydrogen-bond acceptors (Lipinski definition) is 3. The molecule has 3 heteroatoms. The van der Waals surface area contributed by atoms with Gasteiger partial charge in [-0.25, -0.2) is 4.98 Å². The molecule has 0 aliphatic heterocycles. The van der Waals surface area contributed by atoms with E-state index in [-0.39, 0.29) is 0 Å². The highest BCUT2D eigenvalue weighted by atomic mass is 15.1. The number of nitrogens with zero attached hydrogens (tertiary/aromatic N) is 2. The van der Waals surface area contributed by atoms with Crippen LogP contribution in [0.25, 0.3) is 10.9 Å². The van der Waals surface area contributed by atoms with Gasteiger partial charge in [-0.05, 0) is 48.7 Å². The van der Waals surface area contributed by atoms with Crippen LogP contribution in [0.15, 0.2) is 24.3 Å². The lowest BCUT2D eigenvalue weighted by Gasteiger charge is -2.17. The molecule has 2 aromatic rings. The Kier molecular flexibility index (Phi) is 3.82. The standard InChI is InChI=1S/C15H21N3/c1-4-11-5-6-14-13(9-11)10-12(7-8-16)15(17-14)18(2)3/h5-6,9-10H,4,7-8,16H2,1-3H3. The van der Waals surface area contributed by atoms with E-state index in [0.717, 1.165) is 24.2 Å². The molecular weight excluding hydrogens is 222 g/mol. The van der Waals surface area contributed by atoms with Crippen LogP contribution in [0.5, 0.6) is 0 Å². The molecule has 0 spiro atoms. The van der Waals surface area contributed by atoms with Crippen molar-refractivity contribution in [2.45, 2.75) is 19.8 Å². The van der Waals surface area contributed by atoms with Crippen molar-refractivity contribution in [1.82, 2.24) is 4.98 Å². The zero-order chi connectivity index (χ0) is 13.1. The number of aromatic nitrogens is 1. The fourth-order valence-electron chi connectivity index (χ4n) is 2.21. The summed E-state index contributed by atoms with van der Waals surface area (Å²) in [5.41, 5.74) is 9.31. The highest BCUT2D eigenvalue weighted by Crippen LogP contribution is 2.23. The van der Waals surface area contributed by atoms with E-state index in [9.17, 15) is 0 Å². The maximum Gasteiger partial charge on any atom is 0.132 e. The minimum atomic E-state index is 0.654. The van der Waals surface area contributed by atoms with Crippen molar-refractivity contribution < 1.29 is 0 Å². The Morgan fingerprint density at radius 2 is 2.00 bits per heavy atom. The lowest BCUT2D eigenvalue weighted by Crippen LogP contribution is -2.15. The molecule has 96 valence electrons. The van der Waals surface area contributed by atoms with Crippen LogP contribution in [-0.4, -0.2) is 25.6 Å². The second-order valence-corrected chi connectivity index (χ2v) is 4.78. The van der Waals surface area contributed by atoms with Crippen molar-refractivity contribution in [3.05, 3.63) is 35.4 Å². The van der Waals surface area contributed by atoms with Gasteiger partial charge in [-0.1, -0.05) is 13.0 Å². The van der Waals surface area contributed by atoms with E-state index in [1.807, 2.05) is 14.1 Å². The summed E-state index contributed by atoms with van der Waals surface area (Å²) in [5, 5.41) is 1.21. The summed E-state index contributed by atoms with van der Waals surface area (Å²) in [6.07, 6.45) is 1.92. The van der Waals surface area contributed by atoms with Crippen LogP contribution in [0.4, 0.5) is 5.82 Å². The van der Waals surface area contributed by atoms with Gasteiger partial charge in [0.1, 0.15) is 5.82 Å². The predicted molar refractivity (Wildman–Crippen MR) is 78.2 cm³/mol. The van der Waals surface area contributed by atoms with Crippen molar-refractivity contribution in [2.75, 3.05) is 25.5 Å². The van der Waals surface area contributed by atoms with E-state index >= 15 is 0 Å². The number of fused-ring (bicyclic) bond motifs is 1. The summed E-state index contributed by atoms with van der Waals surface area (Å²) < 4.78 is 0. The summed E-state index contributed by atoms with van der Waals surface area (Å²) in [5.74, 6) is 1.03. The monoisotopic (exact) mass is 243 g/mol. The zero-order valence-corrected chi connectivity index (χ0v) is 11.4. The third-order valence-electron chi connectivity index (χ3n) is 3.18. The van der Waals surface area contributed by atoms with Gasteiger partial charge in [0.2, 0.25) is 0 Å². The number of aryl methyl sites for hydroxylation is 1. The number of nitrogens with two attached hydrogens (primary N) is 1. The third kappa shape index (κ3) is 2.46. The largest absolute Gasteiger partial charge is 0.362 e. The maximum atomic E-state index is 5.68. The minimum absolute atomic E-state index is 0.654. The molecule has 0 atom stereocenters. The molecular formula is C15H21N3. The molecule has 3 nitrogen and oxygen atoms in total. The van der Waals surface area contributed by atoms with Crippen LogP contribution in [0.2, 0.25) is 0 Å². The Morgan fingerprint density at radius 3 is 2.61 bits per heavy atom. The fraction of sp³-hybridized carbons (Fsp3) is 0.400. The lowest BCUT2D eigenvalue weighted by atomic mass is 10.1. The average Bonchev–Trinajstić information content (AvgIpc) is 2.37. The Hall–Kier alpha value is -1.61. The predicted octanol–water partition coefficient (Wildman–Crippen LogP) is 2.36. The number of benzene rings is 1. The quantitative estimate of drug-likeness (QED) is 0.896. The van der Waals surface area contributed by atoms with Crippen LogP contribution in [-0.2, 0) is 12.8 Å². The van der Waals surface area contributed by atoms with Gasteiger partial charge in [-0.2, -0.15) is 0 Å². The molecule has 1 aromatic heterocycles. The van der Waals surface area contributed by atoms with Gasteiger partial charge < -0.3 is 10.6 Å². The van der Waals surface area contributed by atoms with E-state index in [1.165, 1.54) is 16.5 Å². The van der Waals surface area contributed by atoms with Crippen molar-refractivity contribution in [3.8, 4) is 0 Å². The van der Waals surface area contributed by atoms with Gasteiger partial charge in [0.15, 0.2) is 0 Å². The first-order valence-corrected chi connectivity index (χ1v) is 6.45. The molecule has 2 rings (SSSR count). The Morgan fingerprint density at radius 1 is 1.22 bits per heavy atom. The van der Waals surface area contributed by atoms with Crippen LogP contribution >= 0.6 is 0 Å². The highest BCUT2D eigenvalue weighted by molar-refractivity contribution is 5.82. The first-order chi connectivity index (χ1) is 8.65. The number of rotatable bonds is 4. The van der Waals surface area contributed by atoms with Crippen molar-refractivity contribution in [3.63, 3.8) is 0 Å². The Balaban J connectivity index is 2.60. The van der Waals surface area contributed by atoms with Gasteiger partial charge >= 0.3 is 0 Å². The highest BCUT2D eigenvalue weighted by Gasteiger charge is 2.08. The SMILES string of the molecule is CCc1ccc2nc(N(C)C)c(CCN)cc2c1. The minimum Gasteiger partial charge on any atom is -0.362 e. The van der Waals surface area contributed by atoms with Gasteiger partial charge in [-0.15, -0.1) is 0 Å². The molecule has 0 aliphatic rings. The van der Waals surface area contributed by atoms with E-state index < -0.39 is 0 Å². The molecule has 0 bridgehead atoms. The van der Waals surface area contributed by atoms with Gasteiger partial charge in [0.25, 0.3) is 0 Å². The molecule has 0 aliphatic carbocycles.